The second-order valence-corrected chi connectivity index (χ2v) is 2.32. The van der Waals surface area contributed by atoms with Gasteiger partial charge in [0.15, 0.2) is 0 Å². The van der Waals surface area contributed by atoms with Crippen LogP contribution in [0.3, 0.4) is 0 Å². The number of nitrogens with one attached hydrogen (secondary N) is 1. The highest BCUT2D eigenvalue weighted by Crippen LogP contribution is 2.07. The molecule has 4 N–H and O–H groups in total. The van der Waals surface area contributed by atoms with Gasteiger partial charge in [0, 0.05) is 0 Å². The highest BCUT2D eigenvalue weighted by atomic mass is 17.2. The lowest BCUT2D eigenvalue weighted by Crippen LogP contribution is -2.27. The standard InChI is InChI=1S/C5H10O2.CH4N2O2/c1-5-3-2-4-6-7-5;2-3-1(4)5/h5H,2-4H2,1H3;3H,2H2,(H,4,5). The maximum atomic E-state index is 9.13. The molecule has 1 rings (SSSR count). The molecule has 0 aromatic heterocycles. The van der Waals surface area contributed by atoms with Crippen LogP contribution in [-0.4, -0.2) is 23.9 Å². The predicted molar refractivity (Wildman–Crippen MR) is 41.1 cm³/mol. The van der Waals surface area contributed by atoms with E-state index in [2.05, 4.69) is 10.7 Å². The Balaban J connectivity index is 0.000000217. The second-order valence-electron chi connectivity index (χ2n) is 2.32. The first-order chi connectivity index (χ1) is 5.66. The number of amides is 1. The lowest BCUT2D eigenvalue weighted by molar-refractivity contribution is -0.340. The van der Waals surface area contributed by atoms with Gasteiger partial charge >= 0.3 is 6.09 Å². The number of carboxylic acid groups (broad SMARTS) is 1. The van der Waals surface area contributed by atoms with Gasteiger partial charge in [0.05, 0.1) is 12.7 Å². The Hall–Kier alpha value is -0.850. The molecule has 0 spiro atoms. The predicted octanol–water partition coefficient (Wildman–Crippen LogP) is 0.245. The van der Waals surface area contributed by atoms with Gasteiger partial charge in [-0.2, -0.15) is 0 Å². The van der Waals surface area contributed by atoms with E-state index in [9.17, 15) is 0 Å². The van der Waals surface area contributed by atoms with E-state index < -0.39 is 6.09 Å². The van der Waals surface area contributed by atoms with Crippen molar-refractivity contribution in [1.82, 2.24) is 5.43 Å². The highest BCUT2D eigenvalue weighted by molar-refractivity contribution is 5.63. The molecule has 1 aliphatic heterocycles. The number of carbonyl (C=O) groups is 1. The highest BCUT2D eigenvalue weighted by Gasteiger charge is 2.07. The molecule has 1 aliphatic rings. The smallest absolute Gasteiger partial charge is 0.418 e. The molecule has 1 heterocycles. The minimum atomic E-state index is -1.22. The largest absolute Gasteiger partial charge is 0.464 e. The lowest BCUT2D eigenvalue weighted by Gasteiger charge is -2.16. The Morgan fingerprint density at radius 1 is 1.75 bits per heavy atom. The number of hydrazine groups is 1. The van der Waals surface area contributed by atoms with Gasteiger partial charge in [-0.15, -0.1) is 0 Å². The van der Waals surface area contributed by atoms with Crippen molar-refractivity contribution in [3.8, 4) is 0 Å². The maximum Gasteiger partial charge on any atom is 0.418 e. The van der Waals surface area contributed by atoms with E-state index >= 15 is 0 Å². The Morgan fingerprint density at radius 2 is 2.33 bits per heavy atom. The van der Waals surface area contributed by atoms with Crippen molar-refractivity contribution in [2.45, 2.75) is 25.9 Å². The zero-order chi connectivity index (χ0) is 9.40. The molecule has 6 nitrogen and oxygen atoms in total. The summed E-state index contributed by atoms with van der Waals surface area (Å²) < 4.78 is 0. The van der Waals surface area contributed by atoms with Crippen molar-refractivity contribution in [1.29, 1.82) is 0 Å². The summed E-state index contributed by atoms with van der Waals surface area (Å²) in [6.07, 6.45) is 1.38. The topological polar surface area (TPSA) is 93.8 Å². The quantitative estimate of drug-likeness (QED) is 0.214. The summed E-state index contributed by atoms with van der Waals surface area (Å²) in [5, 5.41) is 7.49. The van der Waals surface area contributed by atoms with Crippen molar-refractivity contribution in [3.05, 3.63) is 0 Å². The number of rotatable bonds is 0. The zero-order valence-corrected chi connectivity index (χ0v) is 6.95. The van der Waals surface area contributed by atoms with Crippen LogP contribution in [0, 0.1) is 0 Å². The van der Waals surface area contributed by atoms with Gasteiger partial charge in [0.1, 0.15) is 0 Å². The number of nitrogens with two attached hydrogens (primary N) is 1. The molecule has 72 valence electrons. The van der Waals surface area contributed by atoms with Crippen LogP contribution < -0.4 is 11.3 Å². The summed E-state index contributed by atoms with van der Waals surface area (Å²) in [6.45, 7) is 2.78. The third kappa shape index (κ3) is 7.26. The fourth-order valence-corrected chi connectivity index (χ4v) is 0.642. The minimum Gasteiger partial charge on any atom is -0.464 e. The minimum absolute atomic E-state index is 0.314. The molecule has 0 saturated carbocycles. The fraction of sp³-hybridized carbons (Fsp3) is 0.833. The van der Waals surface area contributed by atoms with Gasteiger partial charge in [-0.25, -0.2) is 20.4 Å². The van der Waals surface area contributed by atoms with Gasteiger partial charge in [-0.3, -0.25) is 5.43 Å². The van der Waals surface area contributed by atoms with Crippen LogP contribution in [0.2, 0.25) is 0 Å². The number of hydrogen-bond donors (Lipinski definition) is 3. The normalized spacial score (nSPS) is 22.0. The molecular weight excluding hydrogens is 164 g/mol. The molecule has 0 aliphatic carbocycles. The van der Waals surface area contributed by atoms with Gasteiger partial charge in [0.25, 0.3) is 0 Å². The van der Waals surface area contributed by atoms with Gasteiger partial charge in [-0.05, 0) is 19.8 Å². The molecule has 0 radical (unpaired) electrons. The van der Waals surface area contributed by atoms with Crippen molar-refractivity contribution >= 4 is 6.09 Å². The van der Waals surface area contributed by atoms with Crippen LogP contribution in [0.4, 0.5) is 4.79 Å². The Labute approximate surface area is 70.5 Å². The van der Waals surface area contributed by atoms with Crippen molar-refractivity contribution in [2.75, 3.05) is 6.61 Å². The van der Waals surface area contributed by atoms with Gasteiger partial charge in [0.2, 0.25) is 0 Å². The van der Waals surface area contributed by atoms with Gasteiger partial charge < -0.3 is 5.11 Å². The first-order valence-corrected chi connectivity index (χ1v) is 3.64. The van der Waals surface area contributed by atoms with Crippen molar-refractivity contribution in [3.63, 3.8) is 0 Å². The summed E-state index contributed by atoms with van der Waals surface area (Å²) >= 11 is 0. The van der Waals surface area contributed by atoms with Gasteiger partial charge in [-0.1, -0.05) is 0 Å². The monoisotopic (exact) mass is 178 g/mol. The molecule has 1 atom stereocenters. The third-order valence-corrected chi connectivity index (χ3v) is 1.19. The van der Waals surface area contributed by atoms with E-state index in [1.165, 1.54) is 5.43 Å². The van der Waals surface area contributed by atoms with Crippen molar-refractivity contribution < 1.29 is 19.7 Å². The first-order valence-electron chi connectivity index (χ1n) is 3.64. The molecule has 1 unspecified atom stereocenters. The third-order valence-electron chi connectivity index (χ3n) is 1.19. The Kier molecular flexibility index (Phi) is 6.35. The first kappa shape index (κ1) is 11.2. The van der Waals surface area contributed by atoms with Crippen LogP contribution >= 0.6 is 0 Å². The lowest BCUT2D eigenvalue weighted by atomic mass is 10.2. The molecule has 12 heavy (non-hydrogen) atoms. The molecule has 1 saturated heterocycles. The van der Waals surface area contributed by atoms with Crippen LogP contribution in [0.5, 0.6) is 0 Å². The van der Waals surface area contributed by atoms with E-state index in [0.717, 1.165) is 19.4 Å². The zero-order valence-electron chi connectivity index (χ0n) is 6.95. The average molecular weight is 178 g/mol. The summed E-state index contributed by atoms with van der Waals surface area (Å²) in [5.41, 5.74) is 1.44. The van der Waals surface area contributed by atoms with Crippen LogP contribution in [0.25, 0.3) is 0 Å². The van der Waals surface area contributed by atoms with Crippen molar-refractivity contribution in [2.24, 2.45) is 5.84 Å². The molecule has 0 aromatic rings. The fourth-order valence-electron chi connectivity index (χ4n) is 0.642. The Morgan fingerprint density at radius 3 is 2.50 bits per heavy atom. The second kappa shape index (κ2) is 6.84. The summed E-state index contributed by atoms with van der Waals surface area (Å²) in [4.78, 5) is 18.6. The van der Waals surface area contributed by atoms with E-state index in [4.69, 9.17) is 14.8 Å². The van der Waals surface area contributed by atoms with Crippen LogP contribution in [-0.2, 0) is 9.78 Å². The van der Waals surface area contributed by atoms with Crippen LogP contribution in [0.1, 0.15) is 19.8 Å². The van der Waals surface area contributed by atoms with Crippen LogP contribution in [0.15, 0.2) is 0 Å². The summed E-state index contributed by atoms with van der Waals surface area (Å²) in [7, 11) is 0. The Bertz CT molecular complexity index is 125. The molecule has 6 heteroatoms. The SMILES string of the molecule is CC1CCCOO1.NNC(=O)O. The van der Waals surface area contributed by atoms with E-state index in [1.54, 1.807) is 0 Å². The summed E-state index contributed by atoms with van der Waals surface area (Å²) in [5.74, 6) is 4.32. The number of hydrogen-bond acceptors (Lipinski definition) is 4. The maximum absolute atomic E-state index is 9.13. The molecule has 0 aromatic carbocycles. The molecule has 1 amide bonds. The van der Waals surface area contributed by atoms with E-state index in [0.29, 0.717) is 6.10 Å². The summed E-state index contributed by atoms with van der Waals surface area (Å²) in [6, 6.07) is 0. The average Bonchev–Trinajstić information content (AvgIpc) is 2.07. The van der Waals surface area contributed by atoms with E-state index in [-0.39, 0.29) is 0 Å². The van der Waals surface area contributed by atoms with E-state index in [1.807, 2.05) is 6.92 Å². The molecular formula is C6H14N2O4. The molecule has 0 bridgehead atoms. The molecule has 1 fully saturated rings.